The zero-order chi connectivity index (χ0) is 13.0. The molecule has 6 heteroatoms. The van der Waals surface area contributed by atoms with E-state index in [1.54, 1.807) is 0 Å². The fourth-order valence-electron chi connectivity index (χ4n) is 1.05. The van der Waals surface area contributed by atoms with Crippen LogP contribution in [0.25, 0.3) is 0 Å². The molecule has 1 aromatic rings. The third kappa shape index (κ3) is 5.15. The van der Waals surface area contributed by atoms with Gasteiger partial charge in [-0.1, -0.05) is 13.8 Å². The Morgan fingerprint density at radius 3 is 2.59 bits per heavy atom. The molecule has 0 saturated carbocycles. The number of nitrogens with one attached hydrogen (secondary N) is 1. The Balaban J connectivity index is 2.75. The Morgan fingerprint density at radius 2 is 2.00 bits per heavy atom. The maximum Gasteiger partial charge on any atom is 0.275 e. The molecule has 0 radical (unpaired) electrons. The van der Waals surface area contributed by atoms with Crippen LogP contribution in [0.5, 0.6) is 0 Å². The Morgan fingerprint density at radius 1 is 1.35 bits per heavy atom. The van der Waals surface area contributed by atoms with E-state index < -0.39 is 0 Å². The fourth-order valence-corrected chi connectivity index (χ4v) is 3.45. The number of benzene rings is 1. The molecule has 3 nitrogen and oxygen atoms in total. The van der Waals surface area contributed by atoms with E-state index in [0.717, 1.165) is 10.7 Å². The van der Waals surface area contributed by atoms with Crippen molar-refractivity contribution in [3.05, 3.63) is 28.4 Å². The molecule has 0 spiro atoms. The van der Waals surface area contributed by atoms with Crippen LogP contribution in [0.1, 0.15) is 24.2 Å². The molecule has 0 heterocycles. The Kier molecular flexibility index (Phi) is 6.95. The summed E-state index contributed by atoms with van der Waals surface area (Å²) >= 11 is 6.60. The lowest BCUT2D eigenvalue weighted by Gasteiger charge is -2.10. The van der Waals surface area contributed by atoms with Crippen molar-refractivity contribution in [3.8, 4) is 0 Å². The third-order valence-corrected chi connectivity index (χ3v) is 5.49. The summed E-state index contributed by atoms with van der Waals surface area (Å²) in [6, 6.07) is 3.90. The van der Waals surface area contributed by atoms with Crippen molar-refractivity contribution < 1.29 is 9.63 Å². The predicted octanol–water partition coefficient (Wildman–Crippen LogP) is 3.82. The van der Waals surface area contributed by atoms with Gasteiger partial charge < -0.3 is 0 Å². The first-order chi connectivity index (χ1) is 7.91. The molecule has 94 valence electrons. The van der Waals surface area contributed by atoms with E-state index in [9.17, 15) is 4.79 Å². The number of carbonyl (C=O) groups is 1. The van der Waals surface area contributed by atoms with Gasteiger partial charge >= 0.3 is 0 Å². The second-order valence-electron chi connectivity index (χ2n) is 3.89. The molecule has 0 aromatic heterocycles. The van der Waals surface area contributed by atoms with Crippen molar-refractivity contribution in [1.82, 2.24) is 5.48 Å². The molecule has 1 aromatic carbocycles. The molecule has 17 heavy (non-hydrogen) atoms. The Labute approximate surface area is 142 Å². The van der Waals surface area contributed by atoms with E-state index in [1.807, 2.05) is 26.0 Å². The van der Waals surface area contributed by atoms with Crippen LogP contribution in [0.3, 0.4) is 0 Å². The molecule has 0 bridgehead atoms. The number of hydrogen-bond acceptors (Lipinski definition) is 2. The molecule has 0 fully saturated rings. The fraction of sp³-hybridized carbons (Fsp3) is 0.364. The first kappa shape index (κ1) is 15.9. The van der Waals surface area contributed by atoms with Crippen LogP contribution in [-0.4, -0.2) is 12.5 Å². The topological polar surface area (TPSA) is 38.3 Å². The van der Waals surface area contributed by atoms with E-state index in [0.29, 0.717) is 18.1 Å². The first-order valence-electron chi connectivity index (χ1n) is 4.98. The Hall–Kier alpha value is 0.840. The maximum atomic E-state index is 11.9. The Bertz CT molecular complexity index is 421. The van der Waals surface area contributed by atoms with E-state index in [-0.39, 0.29) is 5.91 Å². The lowest BCUT2D eigenvalue weighted by molar-refractivity contribution is 0.0208. The average Bonchev–Trinajstić information content (AvgIpc) is 2.22. The van der Waals surface area contributed by atoms with Crippen LogP contribution in [0, 0.1) is 16.6 Å². The first-order valence-corrected chi connectivity index (χ1v) is 8.22. The van der Waals surface area contributed by atoms with Gasteiger partial charge in [-0.2, -0.15) is 0 Å². The van der Waals surface area contributed by atoms with E-state index in [4.69, 9.17) is 4.84 Å². The average molecular weight is 571 g/mol. The summed E-state index contributed by atoms with van der Waals surface area (Å²) in [5, 5.41) is 0. The molecule has 1 amide bonds. The lowest BCUT2D eigenvalue weighted by atomic mass is 10.2. The van der Waals surface area contributed by atoms with E-state index in [1.165, 1.54) is 0 Å². The highest BCUT2D eigenvalue weighted by Crippen LogP contribution is 2.22. The van der Waals surface area contributed by atoms with Gasteiger partial charge in [-0.05, 0) is 85.8 Å². The van der Waals surface area contributed by atoms with Gasteiger partial charge in [-0.15, -0.1) is 0 Å². The smallest absolute Gasteiger partial charge is 0.273 e. The van der Waals surface area contributed by atoms with Gasteiger partial charge in [0.25, 0.3) is 5.91 Å². The second kappa shape index (κ2) is 7.43. The van der Waals surface area contributed by atoms with Crippen LogP contribution < -0.4 is 5.48 Å². The SMILES string of the molecule is CC(C)CONC(=O)c1cc(I)cc(I)c1I. The number of hydroxylamine groups is 1. The van der Waals surface area contributed by atoms with Crippen molar-refractivity contribution in [2.75, 3.05) is 6.61 Å². The number of hydrogen-bond donors (Lipinski definition) is 1. The van der Waals surface area contributed by atoms with Crippen LogP contribution in [0.2, 0.25) is 0 Å². The van der Waals surface area contributed by atoms with Gasteiger partial charge in [-0.25, -0.2) is 5.48 Å². The molecule has 1 N–H and O–H groups in total. The molecular weight excluding hydrogens is 559 g/mol. The molecule has 1 rings (SSSR count). The van der Waals surface area contributed by atoms with Crippen LogP contribution >= 0.6 is 67.8 Å². The van der Waals surface area contributed by atoms with Gasteiger partial charge in [-0.3, -0.25) is 9.63 Å². The number of carbonyl (C=O) groups excluding carboxylic acids is 1. The second-order valence-corrected chi connectivity index (χ2v) is 7.37. The quantitative estimate of drug-likeness (QED) is 0.340. The summed E-state index contributed by atoms with van der Waals surface area (Å²) in [6.45, 7) is 4.58. The summed E-state index contributed by atoms with van der Waals surface area (Å²) in [4.78, 5) is 17.0. The number of halogens is 3. The van der Waals surface area contributed by atoms with Crippen molar-refractivity contribution in [2.24, 2.45) is 5.92 Å². The highest BCUT2D eigenvalue weighted by atomic mass is 127. The third-order valence-electron chi connectivity index (χ3n) is 1.82. The summed E-state index contributed by atoms with van der Waals surface area (Å²) in [7, 11) is 0. The summed E-state index contributed by atoms with van der Waals surface area (Å²) in [6.07, 6.45) is 0. The van der Waals surface area contributed by atoms with Gasteiger partial charge in [0.2, 0.25) is 0 Å². The van der Waals surface area contributed by atoms with Crippen molar-refractivity contribution in [3.63, 3.8) is 0 Å². The molecule has 0 aliphatic carbocycles. The normalized spacial score (nSPS) is 10.7. The van der Waals surface area contributed by atoms with E-state index in [2.05, 4.69) is 73.3 Å². The van der Waals surface area contributed by atoms with Crippen molar-refractivity contribution in [2.45, 2.75) is 13.8 Å². The van der Waals surface area contributed by atoms with Crippen molar-refractivity contribution >= 4 is 73.7 Å². The van der Waals surface area contributed by atoms with Gasteiger partial charge in [0.1, 0.15) is 0 Å². The minimum Gasteiger partial charge on any atom is -0.273 e. The minimum atomic E-state index is -0.188. The zero-order valence-electron chi connectivity index (χ0n) is 9.39. The predicted molar refractivity (Wildman–Crippen MR) is 92.8 cm³/mol. The molecular formula is C11H12I3NO2. The lowest BCUT2D eigenvalue weighted by Crippen LogP contribution is -2.26. The van der Waals surface area contributed by atoms with Crippen LogP contribution in [0.15, 0.2) is 12.1 Å². The molecule has 0 aliphatic rings. The van der Waals surface area contributed by atoms with Gasteiger partial charge in [0.05, 0.1) is 12.2 Å². The van der Waals surface area contributed by atoms with Crippen LogP contribution in [0.4, 0.5) is 0 Å². The zero-order valence-corrected chi connectivity index (χ0v) is 15.9. The number of rotatable bonds is 4. The highest BCUT2D eigenvalue weighted by molar-refractivity contribution is 14.1. The standard InChI is InChI=1S/C11H12I3NO2/c1-6(2)5-17-15-11(16)8-3-7(12)4-9(13)10(8)14/h3-4,6H,5H2,1-2H3,(H,15,16). The van der Waals surface area contributed by atoms with E-state index >= 15 is 0 Å². The summed E-state index contributed by atoms with van der Waals surface area (Å²) in [5.74, 6) is 0.205. The maximum absolute atomic E-state index is 11.9. The highest BCUT2D eigenvalue weighted by Gasteiger charge is 2.13. The summed E-state index contributed by atoms with van der Waals surface area (Å²) < 4.78 is 3.07. The van der Waals surface area contributed by atoms with Gasteiger partial charge in [0.15, 0.2) is 0 Å². The largest absolute Gasteiger partial charge is 0.275 e. The van der Waals surface area contributed by atoms with Crippen molar-refractivity contribution in [1.29, 1.82) is 0 Å². The number of amides is 1. The van der Waals surface area contributed by atoms with Gasteiger partial charge in [0, 0.05) is 10.7 Å². The molecule has 0 atom stereocenters. The molecule has 0 saturated heterocycles. The minimum absolute atomic E-state index is 0.188. The summed E-state index contributed by atoms with van der Waals surface area (Å²) in [5.41, 5.74) is 3.13. The van der Waals surface area contributed by atoms with Crippen LogP contribution in [-0.2, 0) is 4.84 Å². The monoisotopic (exact) mass is 571 g/mol. The molecule has 0 unspecified atom stereocenters. The molecule has 0 aliphatic heterocycles.